The molecule has 4 heteroatoms. The summed E-state index contributed by atoms with van der Waals surface area (Å²) in [5.41, 5.74) is 3.49. The average Bonchev–Trinajstić information content (AvgIpc) is 2.99. The minimum atomic E-state index is -0.144. The number of carbonyl (C=O) groups excluding carboxylic acids is 1. The van der Waals surface area contributed by atoms with Gasteiger partial charge in [-0.2, -0.15) is 5.26 Å². The summed E-state index contributed by atoms with van der Waals surface area (Å²) in [4.78, 5) is 14.9. The van der Waals surface area contributed by atoms with Gasteiger partial charge >= 0.3 is 0 Å². The van der Waals surface area contributed by atoms with Crippen molar-refractivity contribution in [2.24, 2.45) is 0 Å². The molecule has 86 valence electrons. The number of nitriles is 1. The predicted octanol–water partition coefficient (Wildman–Crippen LogP) is 2.38. The van der Waals surface area contributed by atoms with Crippen LogP contribution in [0.3, 0.4) is 0 Å². The first-order valence-electron chi connectivity index (χ1n) is 5.49. The van der Waals surface area contributed by atoms with Gasteiger partial charge in [0.15, 0.2) is 0 Å². The number of rotatable bonds is 1. The van der Waals surface area contributed by atoms with Crippen LogP contribution in [0.15, 0.2) is 36.5 Å². The van der Waals surface area contributed by atoms with Crippen molar-refractivity contribution in [3.63, 3.8) is 0 Å². The van der Waals surface area contributed by atoms with E-state index in [4.69, 9.17) is 5.26 Å². The van der Waals surface area contributed by atoms with Crippen LogP contribution < -0.4 is 5.32 Å². The number of hydrogen-bond donors (Lipinski definition) is 2. The van der Waals surface area contributed by atoms with Crippen LogP contribution in [0.5, 0.6) is 0 Å². The molecule has 0 saturated carbocycles. The summed E-state index contributed by atoms with van der Waals surface area (Å²) in [6, 6.07) is 11.0. The zero-order valence-corrected chi connectivity index (χ0v) is 9.40. The number of aromatic amines is 1. The summed E-state index contributed by atoms with van der Waals surface area (Å²) >= 11 is 0. The fraction of sp³-hybridized carbons (Fsp3) is 0. The lowest BCUT2D eigenvalue weighted by atomic mass is 10.0. The van der Waals surface area contributed by atoms with Crippen LogP contribution in [0.25, 0.3) is 11.6 Å². The van der Waals surface area contributed by atoms with E-state index in [2.05, 4.69) is 16.4 Å². The van der Waals surface area contributed by atoms with Crippen LogP contribution in [0, 0.1) is 11.3 Å². The molecule has 0 aliphatic carbocycles. The van der Waals surface area contributed by atoms with E-state index in [1.54, 1.807) is 30.5 Å². The molecule has 4 nitrogen and oxygen atoms in total. The van der Waals surface area contributed by atoms with Crippen LogP contribution in [0.4, 0.5) is 5.69 Å². The highest BCUT2D eigenvalue weighted by molar-refractivity contribution is 6.34. The van der Waals surface area contributed by atoms with Crippen molar-refractivity contribution < 1.29 is 4.79 Å². The van der Waals surface area contributed by atoms with Gasteiger partial charge in [0.25, 0.3) is 5.91 Å². The van der Waals surface area contributed by atoms with Gasteiger partial charge in [-0.05, 0) is 36.4 Å². The van der Waals surface area contributed by atoms with Gasteiger partial charge in [-0.25, -0.2) is 0 Å². The molecular weight excluding hydrogens is 226 g/mol. The summed E-state index contributed by atoms with van der Waals surface area (Å²) in [5, 5.41) is 11.7. The third-order valence-corrected chi connectivity index (χ3v) is 2.85. The van der Waals surface area contributed by atoms with Crippen LogP contribution in [-0.2, 0) is 4.79 Å². The van der Waals surface area contributed by atoms with Gasteiger partial charge < -0.3 is 10.3 Å². The van der Waals surface area contributed by atoms with Gasteiger partial charge in [-0.1, -0.05) is 0 Å². The Morgan fingerprint density at radius 1 is 1.28 bits per heavy atom. The number of carbonyl (C=O) groups is 1. The number of amides is 1. The Bertz CT molecular complexity index is 690. The molecule has 0 radical (unpaired) electrons. The van der Waals surface area contributed by atoms with Gasteiger partial charge in [-0.15, -0.1) is 0 Å². The lowest BCUT2D eigenvalue weighted by molar-refractivity contribution is -0.110. The van der Waals surface area contributed by atoms with E-state index in [1.165, 1.54) is 0 Å². The average molecular weight is 235 g/mol. The molecule has 3 rings (SSSR count). The molecule has 0 bridgehead atoms. The predicted molar refractivity (Wildman–Crippen MR) is 68.5 cm³/mol. The standard InChI is InChI=1S/C14H9N3O/c15-8-9-3-4-13-11(6-9)12(14(18)17-13)7-10-2-1-5-16-10/h1-7,16H,(H,17,18)/b12-7-. The maximum Gasteiger partial charge on any atom is 0.256 e. The minimum absolute atomic E-state index is 0.144. The van der Waals surface area contributed by atoms with Crippen LogP contribution >= 0.6 is 0 Å². The number of anilines is 1. The molecule has 1 amide bonds. The molecule has 0 atom stereocenters. The number of benzene rings is 1. The molecule has 0 unspecified atom stereocenters. The molecule has 0 saturated heterocycles. The molecule has 1 aliphatic rings. The van der Waals surface area contributed by atoms with Crippen LogP contribution in [0.1, 0.15) is 16.8 Å². The molecular formula is C14H9N3O. The summed E-state index contributed by atoms with van der Waals surface area (Å²) in [6.07, 6.45) is 3.58. The highest BCUT2D eigenvalue weighted by Crippen LogP contribution is 2.33. The topological polar surface area (TPSA) is 68.7 Å². The van der Waals surface area contributed by atoms with Gasteiger partial charge in [0.2, 0.25) is 0 Å². The number of hydrogen-bond acceptors (Lipinski definition) is 2. The maximum absolute atomic E-state index is 11.9. The van der Waals surface area contributed by atoms with Crippen LogP contribution in [0.2, 0.25) is 0 Å². The molecule has 18 heavy (non-hydrogen) atoms. The Labute approximate surface area is 104 Å². The quantitative estimate of drug-likeness (QED) is 0.745. The van der Waals surface area contributed by atoms with E-state index in [0.717, 1.165) is 16.9 Å². The fourth-order valence-electron chi connectivity index (χ4n) is 1.99. The molecule has 0 spiro atoms. The van der Waals surface area contributed by atoms with E-state index in [1.807, 2.05) is 12.1 Å². The first-order valence-corrected chi connectivity index (χ1v) is 5.49. The van der Waals surface area contributed by atoms with E-state index in [9.17, 15) is 4.79 Å². The van der Waals surface area contributed by atoms with Crippen molar-refractivity contribution in [3.8, 4) is 6.07 Å². The lowest BCUT2D eigenvalue weighted by Crippen LogP contribution is -2.03. The molecule has 1 aliphatic heterocycles. The van der Waals surface area contributed by atoms with Crippen molar-refractivity contribution >= 4 is 23.2 Å². The fourth-order valence-corrected chi connectivity index (χ4v) is 1.99. The Balaban J connectivity index is 2.14. The van der Waals surface area contributed by atoms with Crippen LogP contribution in [-0.4, -0.2) is 10.9 Å². The molecule has 1 aromatic heterocycles. The number of nitrogens with one attached hydrogen (secondary N) is 2. The summed E-state index contributed by atoms with van der Waals surface area (Å²) in [7, 11) is 0. The highest BCUT2D eigenvalue weighted by Gasteiger charge is 2.24. The highest BCUT2D eigenvalue weighted by atomic mass is 16.2. The molecule has 2 heterocycles. The van der Waals surface area contributed by atoms with Crippen molar-refractivity contribution in [1.29, 1.82) is 5.26 Å². The number of nitrogens with zero attached hydrogens (tertiary/aromatic N) is 1. The van der Waals surface area contributed by atoms with Crippen molar-refractivity contribution in [1.82, 2.24) is 4.98 Å². The second-order valence-electron chi connectivity index (χ2n) is 4.01. The molecule has 2 aromatic rings. The Morgan fingerprint density at radius 2 is 2.17 bits per heavy atom. The van der Waals surface area contributed by atoms with Gasteiger partial charge in [0.1, 0.15) is 0 Å². The molecule has 1 aromatic carbocycles. The summed E-state index contributed by atoms with van der Waals surface area (Å²) in [5.74, 6) is -0.144. The van der Waals surface area contributed by atoms with E-state index in [-0.39, 0.29) is 5.91 Å². The first-order chi connectivity index (χ1) is 8.78. The SMILES string of the molecule is N#Cc1ccc2c(c1)/C(=C/c1ccc[nH]1)C(=O)N2. The van der Waals surface area contributed by atoms with Crippen molar-refractivity contribution in [2.75, 3.05) is 5.32 Å². The number of fused-ring (bicyclic) bond motifs is 1. The normalized spacial score (nSPS) is 15.3. The largest absolute Gasteiger partial charge is 0.362 e. The Hall–Kier alpha value is -2.80. The third-order valence-electron chi connectivity index (χ3n) is 2.85. The second-order valence-corrected chi connectivity index (χ2v) is 4.01. The zero-order chi connectivity index (χ0) is 12.5. The van der Waals surface area contributed by atoms with Gasteiger partial charge in [0.05, 0.1) is 17.2 Å². The first kappa shape index (κ1) is 10.4. The van der Waals surface area contributed by atoms with Gasteiger partial charge in [-0.3, -0.25) is 4.79 Å². The third kappa shape index (κ3) is 1.59. The summed E-state index contributed by atoms with van der Waals surface area (Å²) < 4.78 is 0. The number of aromatic nitrogens is 1. The molecule has 2 N–H and O–H groups in total. The van der Waals surface area contributed by atoms with Crippen molar-refractivity contribution in [3.05, 3.63) is 53.3 Å². The number of H-pyrrole nitrogens is 1. The van der Waals surface area contributed by atoms with E-state index < -0.39 is 0 Å². The van der Waals surface area contributed by atoms with E-state index >= 15 is 0 Å². The summed E-state index contributed by atoms with van der Waals surface area (Å²) in [6.45, 7) is 0. The Kier molecular flexibility index (Phi) is 2.24. The lowest BCUT2D eigenvalue weighted by Gasteiger charge is -1.98. The second kappa shape index (κ2) is 3.90. The smallest absolute Gasteiger partial charge is 0.256 e. The molecule has 0 fully saturated rings. The van der Waals surface area contributed by atoms with E-state index in [0.29, 0.717) is 11.1 Å². The van der Waals surface area contributed by atoms with Gasteiger partial charge in [0, 0.05) is 23.1 Å². The minimum Gasteiger partial charge on any atom is -0.362 e. The monoisotopic (exact) mass is 235 g/mol. The Morgan fingerprint density at radius 3 is 2.89 bits per heavy atom. The zero-order valence-electron chi connectivity index (χ0n) is 9.40. The maximum atomic E-state index is 11.9. The van der Waals surface area contributed by atoms with Crippen molar-refractivity contribution in [2.45, 2.75) is 0 Å².